The van der Waals surface area contributed by atoms with Gasteiger partial charge in [0.05, 0.1) is 7.11 Å². The van der Waals surface area contributed by atoms with E-state index in [2.05, 4.69) is 0 Å². The molecule has 0 spiro atoms. The van der Waals surface area contributed by atoms with E-state index in [1.54, 1.807) is 31.4 Å². The Labute approximate surface area is 106 Å². The number of benzene rings is 1. The smallest absolute Gasteiger partial charge is 0.217 e. The van der Waals surface area contributed by atoms with Crippen LogP contribution in [-0.2, 0) is 4.79 Å². The van der Waals surface area contributed by atoms with Gasteiger partial charge in [0.15, 0.2) is 0 Å². The molecule has 5 nitrogen and oxygen atoms in total. The number of carbonyl (C=O) groups is 1. The maximum Gasteiger partial charge on any atom is 0.217 e. The van der Waals surface area contributed by atoms with Crippen molar-refractivity contribution >= 4 is 5.78 Å². The van der Waals surface area contributed by atoms with E-state index >= 15 is 0 Å². The molecule has 0 heterocycles. The van der Waals surface area contributed by atoms with Gasteiger partial charge in [-0.25, -0.2) is 0 Å². The molecule has 1 aromatic carbocycles. The van der Waals surface area contributed by atoms with Crippen molar-refractivity contribution in [3.8, 4) is 5.75 Å². The minimum Gasteiger partial charge on any atom is -0.497 e. The molecular weight excluding hydrogens is 234 g/mol. The number of ether oxygens (including phenoxy) is 1. The van der Waals surface area contributed by atoms with Gasteiger partial charge in [-0.15, -0.1) is 0 Å². The maximum atomic E-state index is 11.9. The third-order valence-electron chi connectivity index (χ3n) is 2.73. The summed E-state index contributed by atoms with van der Waals surface area (Å²) in [6.07, 6.45) is 1.06. The zero-order valence-electron chi connectivity index (χ0n) is 10.6. The molecule has 1 aromatic rings. The number of ketones is 1. The van der Waals surface area contributed by atoms with Crippen LogP contribution in [0.4, 0.5) is 0 Å². The number of Topliss-reactive ketones (excluding diaryl/α,β-unsaturated/α-hetero) is 1. The molecule has 0 aliphatic heterocycles. The molecule has 0 saturated carbocycles. The fourth-order valence-electron chi connectivity index (χ4n) is 1.80. The van der Waals surface area contributed by atoms with E-state index in [1.165, 1.54) is 0 Å². The van der Waals surface area contributed by atoms with Gasteiger partial charge < -0.3 is 4.74 Å². The molecule has 98 valence electrons. The van der Waals surface area contributed by atoms with Crippen LogP contribution in [0.3, 0.4) is 0 Å². The first-order valence-electron chi connectivity index (χ1n) is 5.87. The zero-order chi connectivity index (χ0) is 13.5. The molecule has 0 N–H and O–H groups in total. The number of hydrogen-bond acceptors (Lipinski definition) is 4. The van der Waals surface area contributed by atoms with Gasteiger partial charge in [-0.1, -0.05) is 19.1 Å². The van der Waals surface area contributed by atoms with Crippen molar-refractivity contribution in [1.29, 1.82) is 0 Å². The van der Waals surface area contributed by atoms with Gasteiger partial charge in [-0.3, -0.25) is 14.9 Å². The van der Waals surface area contributed by atoms with Crippen molar-refractivity contribution < 1.29 is 14.5 Å². The Morgan fingerprint density at radius 1 is 1.39 bits per heavy atom. The Balaban J connectivity index is 2.93. The summed E-state index contributed by atoms with van der Waals surface area (Å²) < 4.78 is 5.02. The number of hydrogen-bond donors (Lipinski definition) is 0. The topological polar surface area (TPSA) is 69.4 Å². The number of carbonyl (C=O) groups excluding carboxylic acids is 1. The van der Waals surface area contributed by atoms with Crippen molar-refractivity contribution in [3.63, 3.8) is 0 Å². The summed E-state index contributed by atoms with van der Waals surface area (Å²) in [5, 5.41) is 10.6. The summed E-state index contributed by atoms with van der Waals surface area (Å²) in [5.41, 5.74) is 0.672. The first kappa shape index (κ1) is 14.2. The highest BCUT2D eigenvalue weighted by atomic mass is 16.6. The Kier molecular flexibility index (Phi) is 5.30. The Morgan fingerprint density at radius 3 is 2.44 bits per heavy atom. The second kappa shape index (κ2) is 6.74. The molecule has 0 fully saturated rings. The summed E-state index contributed by atoms with van der Waals surface area (Å²) in [5.74, 6) is -0.0771. The van der Waals surface area contributed by atoms with Crippen LogP contribution in [0.5, 0.6) is 5.75 Å². The molecule has 0 radical (unpaired) electrons. The van der Waals surface area contributed by atoms with E-state index in [0.29, 0.717) is 24.2 Å². The molecule has 0 amide bonds. The lowest BCUT2D eigenvalue weighted by atomic mass is 9.92. The monoisotopic (exact) mass is 251 g/mol. The molecule has 0 aliphatic rings. The van der Waals surface area contributed by atoms with Gasteiger partial charge in [-0.2, -0.15) is 0 Å². The highest BCUT2D eigenvalue weighted by molar-refractivity contribution is 5.85. The lowest BCUT2D eigenvalue weighted by Crippen LogP contribution is -2.21. The SMILES string of the molecule is CCCC(=O)[C@H](C[N+](=O)[O-])c1ccc(OC)cc1. The van der Waals surface area contributed by atoms with Crippen molar-refractivity contribution in [2.75, 3.05) is 13.7 Å². The first-order valence-corrected chi connectivity index (χ1v) is 5.87. The fourth-order valence-corrected chi connectivity index (χ4v) is 1.80. The van der Waals surface area contributed by atoms with Gasteiger partial charge >= 0.3 is 0 Å². The van der Waals surface area contributed by atoms with Crippen LogP contribution in [0.2, 0.25) is 0 Å². The molecule has 18 heavy (non-hydrogen) atoms. The van der Waals surface area contributed by atoms with Crippen molar-refractivity contribution in [1.82, 2.24) is 0 Å². The van der Waals surface area contributed by atoms with E-state index in [1.807, 2.05) is 6.92 Å². The van der Waals surface area contributed by atoms with Crippen molar-refractivity contribution in [3.05, 3.63) is 39.9 Å². The van der Waals surface area contributed by atoms with Crippen LogP contribution in [0.15, 0.2) is 24.3 Å². The van der Waals surface area contributed by atoms with Crippen LogP contribution < -0.4 is 4.74 Å². The third-order valence-corrected chi connectivity index (χ3v) is 2.73. The Hall–Kier alpha value is -1.91. The second-order valence-corrected chi connectivity index (χ2v) is 4.06. The second-order valence-electron chi connectivity index (χ2n) is 4.06. The van der Waals surface area contributed by atoms with Crippen LogP contribution in [0.25, 0.3) is 0 Å². The minimum atomic E-state index is -0.661. The van der Waals surface area contributed by atoms with E-state index in [9.17, 15) is 14.9 Å². The molecule has 1 rings (SSSR count). The average molecular weight is 251 g/mol. The van der Waals surface area contributed by atoms with Crippen molar-refractivity contribution in [2.24, 2.45) is 0 Å². The molecule has 0 unspecified atom stereocenters. The molecule has 1 atom stereocenters. The lowest BCUT2D eigenvalue weighted by molar-refractivity contribution is -0.481. The highest BCUT2D eigenvalue weighted by Crippen LogP contribution is 2.22. The molecule has 0 aliphatic carbocycles. The van der Waals surface area contributed by atoms with Gasteiger partial charge in [0.2, 0.25) is 6.54 Å². The first-order chi connectivity index (χ1) is 8.58. The van der Waals surface area contributed by atoms with Gasteiger partial charge in [0.1, 0.15) is 17.5 Å². The molecule has 0 aromatic heterocycles. The van der Waals surface area contributed by atoms with E-state index in [-0.39, 0.29) is 12.3 Å². The van der Waals surface area contributed by atoms with E-state index in [0.717, 1.165) is 0 Å². The standard InChI is InChI=1S/C13H17NO4/c1-3-4-13(15)12(9-14(16)17)10-5-7-11(18-2)8-6-10/h5-8,12H,3-4,9H2,1-2H3/t12-/m1/s1. The maximum absolute atomic E-state index is 11.9. The number of methoxy groups -OCH3 is 1. The third kappa shape index (κ3) is 3.84. The number of rotatable bonds is 7. The lowest BCUT2D eigenvalue weighted by Gasteiger charge is -2.12. The Morgan fingerprint density at radius 2 is 2.00 bits per heavy atom. The van der Waals surface area contributed by atoms with E-state index in [4.69, 9.17) is 4.74 Å². The number of nitro groups is 1. The van der Waals surface area contributed by atoms with Crippen molar-refractivity contribution in [2.45, 2.75) is 25.7 Å². The van der Waals surface area contributed by atoms with Crippen LogP contribution in [0.1, 0.15) is 31.2 Å². The molecule has 5 heteroatoms. The molecule has 0 saturated heterocycles. The summed E-state index contributed by atoms with van der Waals surface area (Å²) in [4.78, 5) is 22.1. The summed E-state index contributed by atoms with van der Waals surface area (Å²) in [7, 11) is 1.55. The van der Waals surface area contributed by atoms with Crippen LogP contribution >= 0.6 is 0 Å². The highest BCUT2D eigenvalue weighted by Gasteiger charge is 2.25. The quantitative estimate of drug-likeness (QED) is 0.551. The Bertz CT molecular complexity index is 414. The molecule has 0 bridgehead atoms. The number of nitrogens with zero attached hydrogens (tertiary/aromatic N) is 1. The van der Waals surface area contributed by atoms with Gasteiger partial charge in [-0.05, 0) is 24.1 Å². The predicted octanol–water partition coefficient (Wildman–Crippen LogP) is 2.42. The van der Waals surface area contributed by atoms with Crippen LogP contribution in [0, 0.1) is 10.1 Å². The largest absolute Gasteiger partial charge is 0.497 e. The summed E-state index contributed by atoms with van der Waals surface area (Å²) >= 11 is 0. The fraction of sp³-hybridized carbons (Fsp3) is 0.462. The molecular formula is C13H17NO4. The summed E-state index contributed by atoms with van der Waals surface area (Å²) in [6, 6.07) is 6.84. The summed E-state index contributed by atoms with van der Waals surface area (Å²) in [6.45, 7) is 1.53. The van der Waals surface area contributed by atoms with Crippen LogP contribution in [-0.4, -0.2) is 24.4 Å². The minimum absolute atomic E-state index is 0.0839. The van der Waals surface area contributed by atoms with Gasteiger partial charge in [0.25, 0.3) is 0 Å². The predicted molar refractivity (Wildman–Crippen MR) is 67.5 cm³/mol. The average Bonchev–Trinajstić information content (AvgIpc) is 2.36. The van der Waals surface area contributed by atoms with Gasteiger partial charge in [0, 0.05) is 11.3 Å². The zero-order valence-corrected chi connectivity index (χ0v) is 10.6. The normalized spacial score (nSPS) is 11.9. The van der Waals surface area contributed by atoms with E-state index < -0.39 is 10.8 Å².